The predicted octanol–water partition coefficient (Wildman–Crippen LogP) is 4.71. The van der Waals surface area contributed by atoms with Gasteiger partial charge in [0.05, 0.1) is 12.1 Å². The van der Waals surface area contributed by atoms with Crippen molar-refractivity contribution in [3.05, 3.63) is 68.6 Å². The van der Waals surface area contributed by atoms with Crippen molar-refractivity contribution in [3.8, 4) is 0 Å². The van der Waals surface area contributed by atoms with E-state index in [2.05, 4.69) is 37.0 Å². The van der Waals surface area contributed by atoms with Crippen molar-refractivity contribution in [2.24, 2.45) is 5.10 Å². The Balaban J connectivity index is 2.03. The van der Waals surface area contributed by atoms with Crippen molar-refractivity contribution in [2.45, 2.75) is 18.3 Å². The molecule has 2 aromatic carbocycles. The lowest BCUT2D eigenvalue weighted by Gasteiger charge is -2.32. The molecule has 1 atom stereocenters. The van der Waals surface area contributed by atoms with Crippen LogP contribution in [0.3, 0.4) is 0 Å². The van der Waals surface area contributed by atoms with Gasteiger partial charge in [-0.05, 0) is 42.0 Å². The number of hydrogen-bond acceptors (Lipinski definition) is 3. The van der Waals surface area contributed by atoms with Crippen LogP contribution in [0, 0.1) is 0 Å². The number of alkyl halides is 3. The molecule has 26 heavy (non-hydrogen) atoms. The first-order valence-electron chi connectivity index (χ1n) is 7.34. The maximum atomic E-state index is 13.6. The number of rotatable bonds is 2. The largest absolute Gasteiger partial charge is 0.438 e. The molecule has 0 unspecified atom stereocenters. The minimum absolute atomic E-state index is 0.0170. The SMILES string of the molecule is O=C(c1ccc(Br)cc1)N1N=C(c2ccc(Br)cc2)C[C@]1(O)C(F)(F)F. The lowest BCUT2D eigenvalue weighted by Crippen LogP contribution is -2.56. The second-order valence-electron chi connectivity index (χ2n) is 5.67. The molecule has 0 aliphatic carbocycles. The summed E-state index contributed by atoms with van der Waals surface area (Å²) in [5.74, 6) is -1.04. The third-order valence-corrected chi connectivity index (χ3v) is 4.96. The quantitative estimate of drug-likeness (QED) is 0.661. The zero-order chi connectivity index (χ0) is 19.1. The maximum Gasteiger partial charge on any atom is 0.438 e. The molecule has 1 amide bonds. The molecule has 0 saturated carbocycles. The molecule has 2 aromatic rings. The molecule has 0 saturated heterocycles. The highest BCUT2D eigenvalue weighted by Gasteiger charge is 2.63. The first kappa shape index (κ1) is 19.1. The molecule has 1 aliphatic rings. The summed E-state index contributed by atoms with van der Waals surface area (Å²) in [6.07, 6.45) is -5.92. The second kappa shape index (κ2) is 6.79. The van der Waals surface area contributed by atoms with Gasteiger partial charge in [0.1, 0.15) is 0 Å². The molecule has 0 bridgehead atoms. The lowest BCUT2D eigenvalue weighted by atomic mass is 10.0. The van der Waals surface area contributed by atoms with E-state index in [9.17, 15) is 23.1 Å². The Bertz CT molecular complexity index is 867. The van der Waals surface area contributed by atoms with E-state index in [4.69, 9.17) is 0 Å². The van der Waals surface area contributed by atoms with E-state index < -0.39 is 24.2 Å². The summed E-state index contributed by atoms with van der Waals surface area (Å²) < 4.78 is 42.1. The van der Waals surface area contributed by atoms with Crippen LogP contribution in [0.2, 0.25) is 0 Å². The summed E-state index contributed by atoms with van der Waals surface area (Å²) >= 11 is 6.43. The zero-order valence-corrected chi connectivity index (χ0v) is 16.1. The van der Waals surface area contributed by atoms with Crippen LogP contribution < -0.4 is 0 Å². The average molecular weight is 492 g/mol. The van der Waals surface area contributed by atoms with Gasteiger partial charge in [-0.2, -0.15) is 23.3 Å². The van der Waals surface area contributed by atoms with Gasteiger partial charge in [-0.3, -0.25) is 4.79 Å². The van der Waals surface area contributed by atoms with Crippen molar-refractivity contribution in [2.75, 3.05) is 0 Å². The molecule has 0 radical (unpaired) electrons. The maximum absolute atomic E-state index is 13.6. The molecule has 4 nitrogen and oxygen atoms in total. The van der Waals surface area contributed by atoms with Crippen molar-refractivity contribution in [3.63, 3.8) is 0 Å². The zero-order valence-electron chi connectivity index (χ0n) is 13.0. The third-order valence-electron chi connectivity index (χ3n) is 3.90. The van der Waals surface area contributed by atoms with E-state index in [1.807, 2.05) is 0 Å². The van der Waals surface area contributed by atoms with Gasteiger partial charge in [0, 0.05) is 14.5 Å². The molecule has 1 aliphatic heterocycles. The van der Waals surface area contributed by atoms with Gasteiger partial charge in [-0.1, -0.05) is 44.0 Å². The van der Waals surface area contributed by atoms with E-state index in [0.717, 1.165) is 4.47 Å². The molecule has 0 aromatic heterocycles. The molecule has 3 rings (SSSR count). The van der Waals surface area contributed by atoms with Crippen LogP contribution in [-0.2, 0) is 0 Å². The van der Waals surface area contributed by atoms with Crippen LogP contribution in [0.1, 0.15) is 22.3 Å². The smallest absolute Gasteiger partial charge is 0.362 e. The van der Waals surface area contributed by atoms with Gasteiger partial charge in [0.2, 0.25) is 0 Å². The van der Waals surface area contributed by atoms with Gasteiger partial charge in [0.25, 0.3) is 11.6 Å². The second-order valence-corrected chi connectivity index (χ2v) is 7.50. The highest BCUT2D eigenvalue weighted by atomic mass is 79.9. The summed E-state index contributed by atoms with van der Waals surface area (Å²) in [7, 11) is 0. The van der Waals surface area contributed by atoms with Gasteiger partial charge in [-0.15, -0.1) is 0 Å². The van der Waals surface area contributed by atoms with Gasteiger partial charge in [-0.25, -0.2) is 0 Å². The van der Waals surface area contributed by atoms with E-state index in [1.54, 1.807) is 24.3 Å². The molecule has 0 spiro atoms. The van der Waals surface area contributed by atoms with Gasteiger partial charge >= 0.3 is 6.18 Å². The Morgan fingerprint density at radius 1 is 1.04 bits per heavy atom. The summed E-state index contributed by atoms with van der Waals surface area (Å²) in [6, 6.07) is 12.2. The van der Waals surface area contributed by atoms with Gasteiger partial charge in [0.15, 0.2) is 0 Å². The molecule has 9 heteroatoms. The average Bonchev–Trinajstić information content (AvgIpc) is 2.94. The number of hydrogen-bond donors (Lipinski definition) is 1. The summed E-state index contributed by atoms with van der Waals surface area (Å²) in [5.41, 5.74) is -3.05. The molecule has 1 N–H and O–H groups in total. The number of nitrogens with zero attached hydrogens (tertiary/aromatic N) is 2. The summed E-state index contributed by atoms with van der Waals surface area (Å²) in [4.78, 5) is 12.6. The third kappa shape index (κ3) is 3.43. The van der Waals surface area contributed by atoms with Crippen molar-refractivity contribution < 1.29 is 23.1 Å². The van der Waals surface area contributed by atoms with E-state index >= 15 is 0 Å². The fraction of sp³-hybridized carbons (Fsp3) is 0.176. The predicted molar refractivity (Wildman–Crippen MR) is 96.6 cm³/mol. The Labute approximate surface area is 163 Å². The van der Waals surface area contributed by atoms with Gasteiger partial charge < -0.3 is 5.11 Å². The Morgan fingerprint density at radius 3 is 2.04 bits per heavy atom. The number of carbonyl (C=O) groups excluding carboxylic acids is 1. The minimum atomic E-state index is -5.07. The number of hydrazone groups is 1. The van der Waals surface area contributed by atoms with Crippen molar-refractivity contribution >= 4 is 43.5 Å². The fourth-order valence-corrected chi connectivity index (χ4v) is 3.03. The topological polar surface area (TPSA) is 52.9 Å². The lowest BCUT2D eigenvalue weighted by molar-refractivity contribution is -0.297. The van der Waals surface area contributed by atoms with Crippen LogP contribution in [0.25, 0.3) is 0 Å². The monoisotopic (exact) mass is 490 g/mol. The molecular weight excluding hydrogens is 481 g/mol. The Morgan fingerprint density at radius 2 is 1.54 bits per heavy atom. The summed E-state index contributed by atoms with van der Waals surface area (Å²) in [5, 5.41) is 14.2. The first-order chi connectivity index (χ1) is 12.1. The fourth-order valence-electron chi connectivity index (χ4n) is 2.50. The van der Waals surface area contributed by atoms with E-state index in [-0.39, 0.29) is 16.3 Å². The minimum Gasteiger partial charge on any atom is -0.362 e. The van der Waals surface area contributed by atoms with Crippen molar-refractivity contribution in [1.29, 1.82) is 0 Å². The Hall–Kier alpha value is -1.71. The number of carbonyl (C=O) groups is 1. The van der Waals surface area contributed by atoms with Crippen LogP contribution >= 0.6 is 31.9 Å². The molecule has 1 heterocycles. The standard InChI is InChI=1S/C17H11Br2F3N2O2/c18-12-5-1-10(2-6-12)14-9-16(26,17(20,21)22)24(23-14)15(25)11-3-7-13(19)8-4-11/h1-8,26H,9H2/t16-/m0/s1. The number of aliphatic hydroxyl groups is 1. The van der Waals surface area contributed by atoms with Crippen LogP contribution in [0.15, 0.2) is 62.6 Å². The number of benzene rings is 2. The Kier molecular flexibility index (Phi) is 4.98. The van der Waals surface area contributed by atoms with E-state index in [0.29, 0.717) is 10.0 Å². The number of halogens is 5. The highest BCUT2D eigenvalue weighted by molar-refractivity contribution is 9.10. The first-order valence-corrected chi connectivity index (χ1v) is 8.93. The molecular formula is C17H11Br2F3N2O2. The van der Waals surface area contributed by atoms with Crippen LogP contribution in [-0.4, -0.2) is 33.6 Å². The van der Waals surface area contributed by atoms with Crippen LogP contribution in [0.5, 0.6) is 0 Å². The van der Waals surface area contributed by atoms with Crippen molar-refractivity contribution in [1.82, 2.24) is 5.01 Å². The highest BCUT2D eigenvalue weighted by Crippen LogP contribution is 2.42. The normalized spacial score (nSPS) is 20.2. The molecule has 0 fully saturated rings. The van der Waals surface area contributed by atoms with Crippen LogP contribution in [0.4, 0.5) is 13.2 Å². The molecule has 136 valence electrons. The summed E-state index contributed by atoms with van der Waals surface area (Å²) in [6.45, 7) is 0. The van der Waals surface area contributed by atoms with E-state index in [1.165, 1.54) is 24.3 Å². The number of amides is 1.